The molecular formula is C27H25N5O3. The van der Waals surface area contributed by atoms with Crippen LogP contribution in [0.15, 0.2) is 77.8 Å². The summed E-state index contributed by atoms with van der Waals surface area (Å²) < 4.78 is 13.1. The van der Waals surface area contributed by atoms with Gasteiger partial charge in [-0.2, -0.15) is 5.10 Å². The Kier molecular flexibility index (Phi) is 6.01. The van der Waals surface area contributed by atoms with Gasteiger partial charge in [-0.15, -0.1) is 0 Å². The van der Waals surface area contributed by atoms with Crippen LogP contribution in [0.2, 0.25) is 0 Å². The maximum atomic E-state index is 13.4. The van der Waals surface area contributed by atoms with Crippen LogP contribution >= 0.6 is 0 Å². The van der Waals surface area contributed by atoms with E-state index in [2.05, 4.69) is 20.6 Å². The second-order valence-electron chi connectivity index (χ2n) is 8.41. The Morgan fingerprint density at radius 1 is 1.09 bits per heavy atom. The summed E-state index contributed by atoms with van der Waals surface area (Å²) in [7, 11) is 0. The highest BCUT2D eigenvalue weighted by molar-refractivity contribution is 6.01. The topological polar surface area (TPSA) is 95.1 Å². The van der Waals surface area contributed by atoms with E-state index in [1.165, 1.54) is 6.33 Å². The van der Waals surface area contributed by atoms with Crippen molar-refractivity contribution in [2.45, 2.75) is 33.4 Å². The van der Waals surface area contributed by atoms with Gasteiger partial charge in [-0.05, 0) is 61.4 Å². The van der Waals surface area contributed by atoms with E-state index >= 15 is 0 Å². The lowest BCUT2D eigenvalue weighted by molar-refractivity contribution is 0.0935. The number of rotatable bonds is 7. The minimum atomic E-state index is -0.214. The predicted octanol–water partition coefficient (Wildman–Crippen LogP) is 5.10. The van der Waals surface area contributed by atoms with Crippen LogP contribution in [0.4, 0.5) is 0 Å². The van der Waals surface area contributed by atoms with E-state index in [4.69, 9.17) is 9.26 Å². The number of ether oxygens (including phenoxy) is 1. The number of amides is 1. The molecular weight excluding hydrogens is 442 g/mol. The fourth-order valence-corrected chi connectivity index (χ4v) is 3.99. The lowest BCUT2D eigenvalue weighted by Gasteiger charge is -2.17. The molecule has 176 valence electrons. The fraction of sp³-hybridized carbons (Fsp3) is 0.185. The van der Waals surface area contributed by atoms with Gasteiger partial charge in [0.2, 0.25) is 0 Å². The third kappa shape index (κ3) is 4.63. The third-order valence-electron chi connectivity index (χ3n) is 6.07. The Morgan fingerprint density at radius 3 is 2.49 bits per heavy atom. The highest BCUT2D eigenvalue weighted by atomic mass is 16.5. The summed E-state index contributed by atoms with van der Waals surface area (Å²) in [6, 6.07) is 19.3. The summed E-state index contributed by atoms with van der Waals surface area (Å²) in [4.78, 5) is 17.4. The van der Waals surface area contributed by atoms with Gasteiger partial charge in [0, 0.05) is 0 Å². The molecule has 8 heteroatoms. The molecule has 0 bridgehead atoms. The van der Waals surface area contributed by atoms with E-state index < -0.39 is 0 Å². The molecule has 0 saturated heterocycles. The van der Waals surface area contributed by atoms with Gasteiger partial charge in [-0.25, -0.2) is 9.67 Å². The van der Waals surface area contributed by atoms with Crippen LogP contribution in [-0.4, -0.2) is 25.8 Å². The highest BCUT2D eigenvalue weighted by Gasteiger charge is 2.19. The van der Waals surface area contributed by atoms with Crippen molar-refractivity contribution < 1.29 is 14.1 Å². The molecule has 1 atom stereocenters. The van der Waals surface area contributed by atoms with Crippen LogP contribution in [0.25, 0.3) is 16.5 Å². The predicted molar refractivity (Wildman–Crippen MR) is 131 cm³/mol. The quantitative estimate of drug-likeness (QED) is 0.358. The van der Waals surface area contributed by atoms with Crippen molar-refractivity contribution in [3.05, 3.63) is 101 Å². The smallest absolute Gasteiger partial charge is 0.255 e. The zero-order chi connectivity index (χ0) is 24.4. The number of carbonyl (C=O) groups excluding carboxylic acids is 1. The van der Waals surface area contributed by atoms with Crippen LogP contribution < -0.4 is 10.1 Å². The van der Waals surface area contributed by atoms with Crippen LogP contribution in [0.1, 0.15) is 45.9 Å². The van der Waals surface area contributed by atoms with Crippen molar-refractivity contribution in [3.8, 4) is 11.4 Å². The first-order valence-corrected chi connectivity index (χ1v) is 11.3. The lowest BCUT2D eigenvalue weighted by atomic mass is 10.0. The van der Waals surface area contributed by atoms with Crippen LogP contribution in [0.3, 0.4) is 0 Å². The summed E-state index contributed by atoms with van der Waals surface area (Å²) in [6.07, 6.45) is 3.13. The molecule has 2 aromatic heterocycles. The lowest BCUT2D eigenvalue weighted by Crippen LogP contribution is -2.27. The van der Waals surface area contributed by atoms with E-state index in [1.807, 2.05) is 81.4 Å². The third-order valence-corrected chi connectivity index (χ3v) is 6.07. The van der Waals surface area contributed by atoms with Crippen molar-refractivity contribution in [1.82, 2.24) is 25.2 Å². The van der Waals surface area contributed by atoms with E-state index in [0.717, 1.165) is 33.3 Å². The molecule has 0 aliphatic rings. The van der Waals surface area contributed by atoms with Crippen LogP contribution in [0, 0.1) is 13.8 Å². The molecule has 8 nitrogen and oxygen atoms in total. The number of hydrogen-bond acceptors (Lipinski definition) is 6. The van der Waals surface area contributed by atoms with Crippen molar-refractivity contribution in [1.29, 1.82) is 0 Å². The number of carbonyl (C=O) groups is 1. The Bertz CT molecular complexity index is 1450. The van der Waals surface area contributed by atoms with Gasteiger partial charge < -0.3 is 14.6 Å². The summed E-state index contributed by atoms with van der Waals surface area (Å²) in [5.74, 6) is 1.00. The molecule has 0 spiro atoms. The Hall–Kier alpha value is -4.46. The molecule has 3 aromatic carbocycles. The monoisotopic (exact) mass is 467 g/mol. The van der Waals surface area contributed by atoms with Gasteiger partial charge in [0.25, 0.3) is 5.91 Å². The second-order valence-corrected chi connectivity index (χ2v) is 8.41. The van der Waals surface area contributed by atoms with Crippen LogP contribution in [-0.2, 0) is 6.61 Å². The molecule has 0 radical (unpaired) electrons. The highest BCUT2D eigenvalue weighted by Crippen LogP contribution is 2.28. The molecule has 5 rings (SSSR count). The number of hydrogen-bond donors (Lipinski definition) is 1. The van der Waals surface area contributed by atoms with Crippen LogP contribution in [0.5, 0.6) is 5.75 Å². The zero-order valence-electron chi connectivity index (χ0n) is 19.7. The molecule has 0 aliphatic heterocycles. The van der Waals surface area contributed by atoms with Gasteiger partial charge >= 0.3 is 0 Å². The number of aromatic nitrogens is 4. The van der Waals surface area contributed by atoms with Crippen molar-refractivity contribution in [2.75, 3.05) is 0 Å². The second kappa shape index (κ2) is 9.42. The van der Waals surface area contributed by atoms with E-state index in [1.54, 1.807) is 11.0 Å². The average molecular weight is 468 g/mol. The first-order chi connectivity index (χ1) is 17.0. The first kappa shape index (κ1) is 22.3. The van der Waals surface area contributed by atoms with Gasteiger partial charge in [0.1, 0.15) is 30.8 Å². The number of nitrogens with one attached hydrogen (secondary N) is 1. The molecule has 0 aliphatic carbocycles. The summed E-state index contributed by atoms with van der Waals surface area (Å²) >= 11 is 0. The molecule has 5 aromatic rings. The summed E-state index contributed by atoms with van der Waals surface area (Å²) in [5, 5.41) is 13.2. The standard InChI is InChI=1S/C27H25N5O3/c1-17(20-8-10-23(11-9-20)32-16-28-15-29-32)30-27(33)24-12-21-6-4-5-7-22(21)13-26(24)34-14-25-18(2)31-35-19(25)3/h4-13,15-17H,14H2,1-3H3,(H,30,33). The number of benzene rings is 3. The molecule has 0 saturated carbocycles. The maximum absolute atomic E-state index is 13.4. The van der Waals surface area contributed by atoms with Crippen molar-refractivity contribution >= 4 is 16.7 Å². The van der Waals surface area contributed by atoms with E-state index in [0.29, 0.717) is 17.1 Å². The average Bonchev–Trinajstić information content (AvgIpc) is 3.52. The van der Waals surface area contributed by atoms with E-state index in [-0.39, 0.29) is 18.6 Å². The van der Waals surface area contributed by atoms with Gasteiger partial charge in [-0.3, -0.25) is 4.79 Å². The maximum Gasteiger partial charge on any atom is 0.255 e. The SMILES string of the molecule is Cc1noc(C)c1COc1cc2ccccc2cc1C(=O)NC(C)c1ccc(-n2cncn2)cc1. The largest absolute Gasteiger partial charge is 0.488 e. The minimum absolute atomic E-state index is 0.211. The van der Waals surface area contributed by atoms with Crippen molar-refractivity contribution in [3.63, 3.8) is 0 Å². The van der Waals surface area contributed by atoms with Gasteiger partial charge in [-0.1, -0.05) is 41.6 Å². The minimum Gasteiger partial charge on any atom is -0.488 e. The Balaban J connectivity index is 1.39. The Morgan fingerprint density at radius 2 is 1.83 bits per heavy atom. The number of aryl methyl sites for hydroxylation is 2. The molecule has 0 fully saturated rings. The van der Waals surface area contributed by atoms with Gasteiger partial charge in [0.15, 0.2) is 0 Å². The summed E-state index contributed by atoms with van der Waals surface area (Å²) in [5.41, 5.74) is 4.00. The zero-order valence-corrected chi connectivity index (χ0v) is 19.7. The van der Waals surface area contributed by atoms with Crippen molar-refractivity contribution in [2.24, 2.45) is 0 Å². The summed E-state index contributed by atoms with van der Waals surface area (Å²) in [6.45, 7) is 5.94. The normalized spacial score (nSPS) is 12.0. The molecule has 1 unspecified atom stereocenters. The molecule has 1 N–H and O–H groups in total. The number of fused-ring (bicyclic) bond motifs is 1. The van der Waals surface area contributed by atoms with E-state index in [9.17, 15) is 4.79 Å². The first-order valence-electron chi connectivity index (χ1n) is 11.3. The van der Waals surface area contributed by atoms with Gasteiger partial charge in [0.05, 0.1) is 28.6 Å². The molecule has 1 amide bonds. The Labute approximate surface area is 202 Å². The molecule has 2 heterocycles. The fourth-order valence-electron chi connectivity index (χ4n) is 3.99. The number of nitrogens with zero attached hydrogens (tertiary/aromatic N) is 4. The molecule has 35 heavy (non-hydrogen) atoms.